The van der Waals surface area contributed by atoms with Crippen LogP contribution in [0.3, 0.4) is 0 Å². The Bertz CT molecular complexity index is 354. The van der Waals surface area contributed by atoms with Crippen LogP contribution in [-0.4, -0.2) is 50.9 Å². The highest BCUT2D eigenvalue weighted by Crippen LogP contribution is 2.38. The minimum atomic E-state index is -0.105. The normalized spacial score (nSPS) is 10.3. The molecular formula is C13H20O6. The zero-order valence-electron chi connectivity index (χ0n) is 11.2. The molecule has 0 aliphatic heterocycles. The van der Waals surface area contributed by atoms with Gasteiger partial charge in [0.1, 0.15) is 6.61 Å². The van der Waals surface area contributed by atoms with Crippen LogP contribution < -0.4 is 14.2 Å². The van der Waals surface area contributed by atoms with Gasteiger partial charge in [0.2, 0.25) is 5.75 Å². The third kappa shape index (κ3) is 4.59. The smallest absolute Gasteiger partial charge is 0.203 e. The molecule has 2 N–H and O–H groups in total. The molecule has 19 heavy (non-hydrogen) atoms. The molecule has 0 aliphatic rings. The Morgan fingerprint density at radius 3 is 2.05 bits per heavy atom. The number of aliphatic hydroxyl groups is 2. The lowest BCUT2D eigenvalue weighted by molar-refractivity contribution is 0.0692. The monoisotopic (exact) mass is 272 g/mol. The summed E-state index contributed by atoms with van der Waals surface area (Å²) in [5, 5.41) is 17.7. The molecule has 0 spiro atoms. The van der Waals surface area contributed by atoms with E-state index < -0.39 is 0 Å². The van der Waals surface area contributed by atoms with Gasteiger partial charge in [0.05, 0.1) is 40.6 Å². The zero-order chi connectivity index (χ0) is 14.1. The van der Waals surface area contributed by atoms with Gasteiger partial charge in [0, 0.05) is 0 Å². The van der Waals surface area contributed by atoms with E-state index in [0.717, 1.165) is 0 Å². The predicted octanol–water partition coefficient (Wildman–Crippen LogP) is 0.584. The summed E-state index contributed by atoms with van der Waals surface area (Å²) < 4.78 is 21.1. The van der Waals surface area contributed by atoms with Crippen molar-refractivity contribution in [1.29, 1.82) is 0 Å². The second-order valence-electron chi connectivity index (χ2n) is 3.67. The summed E-state index contributed by atoms with van der Waals surface area (Å²) in [4.78, 5) is 0. The van der Waals surface area contributed by atoms with Gasteiger partial charge in [0.25, 0.3) is 0 Å². The minimum Gasteiger partial charge on any atom is -0.493 e. The number of aliphatic hydroxyl groups excluding tert-OH is 2. The van der Waals surface area contributed by atoms with E-state index in [1.54, 1.807) is 12.1 Å². The molecule has 0 aromatic heterocycles. The Morgan fingerprint density at radius 2 is 1.58 bits per heavy atom. The van der Waals surface area contributed by atoms with Gasteiger partial charge in [-0.1, -0.05) is 0 Å². The SMILES string of the molecule is COc1cc(CO)cc(OC)c1OCCOCCO. The lowest BCUT2D eigenvalue weighted by atomic mass is 10.2. The van der Waals surface area contributed by atoms with Crippen molar-refractivity contribution in [3.05, 3.63) is 17.7 Å². The summed E-state index contributed by atoms with van der Waals surface area (Å²) >= 11 is 0. The van der Waals surface area contributed by atoms with Gasteiger partial charge in [-0.15, -0.1) is 0 Å². The molecule has 6 heteroatoms. The van der Waals surface area contributed by atoms with Crippen molar-refractivity contribution in [3.63, 3.8) is 0 Å². The molecule has 1 aromatic rings. The topological polar surface area (TPSA) is 77.4 Å². The van der Waals surface area contributed by atoms with Gasteiger partial charge in [0.15, 0.2) is 11.5 Å². The summed E-state index contributed by atoms with van der Waals surface area (Å²) in [6, 6.07) is 3.37. The number of rotatable bonds is 9. The molecule has 0 unspecified atom stereocenters. The molecule has 0 heterocycles. The fourth-order valence-electron chi connectivity index (χ4n) is 1.54. The van der Waals surface area contributed by atoms with E-state index in [9.17, 15) is 0 Å². The lowest BCUT2D eigenvalue weighted by Gasteiger charge is -2.15. The van der Waals surface area contributed by atoms with Crippen LogP contribution in [0.2, 0.25) is 0 Å². The Balaban J connectivity index is 2.73. The van der Waals surface area contributed by atoms with Crippen LogP contribution in [0.25, 0.3) is 0 Å². The van der Waals surface area contributed by atoms with E-state index in [-0.39, 0.29) is 19.8 Å². The Hall–Kier alpha value is -1.50. The lowest BCUT2D eigenvalue weighted by Crippen LogP contribution is -2.10. The van der Waals surface area contributed by atoms with Gasteiger partial charge >= 0.3 is 0 Å². The van der Waals surface area contributed by atoms with Crippen molar-refractivity contribution >= 4 is 0 Å². The van der Waals surface area contributed by atoms with Crippen molar-refractivity contribution in [1.82, 2.24) is 0 Å². The maximum atomic E-state index is 9.15. The van der Waals surface area contributed by atoms with Crippen LogP contribution in [0.15, 0.2) is 12.1 Å². The van der Waals surface area contributed by atoms with Crippen molar-refractivity contribution in [2.75, 3.05) is 40.6 Å². The second-order valence-corrected chi connectivity index (χ2v) is 3.67. The Labute approximate surface area is 112 Å². The number of benzene rings is 1. The van der Waals surface area contributed by atoms with Crippen LogP contribution in [0, 0.1) is 0 Å². The van der Waals surface area contributed by atoms with E-state index in [2.05, 4.69) is 0 Å². The summed E-state index contributed by atoms with van der Waals surface area (Å²) in [7, 11) is 3.04. The molecule has 0 saturated carbocycles. The number of methoxy groups -OCH3 is 2. The third-order valence-corrected chi connectivity index (χ3v) is 2.41. The first-order valence-electron chi connectivity index (χ1n) is 5.94. The maximum absolute atomic E-state index is 9.15. The van der Waals surface area contributed by atoms with Gasteiger partial charge in [-0.2, -0.15) is 0 Å². The molecule has 6 nitrogen and oxygen atoms in total. The highest BCUT2D eigenvalue weighted by Gasteiger charge is 2.13. The van der Waals surface area contributed by atoms with Gasteiger partial charge in [-0.3, -0.25) is 0 Å². The van der Waals surface area contributed by atoms with Crippen LogP contribution in [0.4, 0.5) is 0 Å². The standard InChI is InChI=1S/C13H20O6/c1-16-11-7-10(9-15)8-12(17-2)13(11)19-6-5-18-4-3-14/h7-8,14-15H,3-6,9H2,1-2H3. The molecule has 0 atom stereocenters. The first-order valence-corrected chi connectivity index (χ1v) is 5.94. The number of hydrogen-bond donors (Lipinski definition) is 2. The summed E-state index contributed by atoms with van der Waals surface area (Å²) in [5.74, 6) is 1.45. The average Bonchev–Trinajstić information content (AvgIpc) is 2.46. The van der Waals surface area contributed by atoms with Crippen molar-refractivity contribution < 1.29 is 29.2 Å². The van der Waals surface area contributed by atoms with Crippen molar-refractivity contribution in [2.24, 2.45) is 0 Å². The average molecular weight is 272 g/mol. The molecule has 0 aliphatic carbocycles. The van der Waals surface area contributed by atoms with Gasteiger partial charge in [-0.05, 0) is 17.7 Å². The van der Waals surface area contributed by atoms with E-state index in [1.165, 1.54) is 14.2 Å². The third-order valence-electron chi connectivity index (χ3n) is 2.41. The second kappa shape index (κ2) is 8.58. The quantitative estimate of drug-likeness (QED) is 0.640. The molecule has 0 amide bonds. The molecule has 0 radical (unpaired) electrons. The zero-order valence-corrected chi connectivity index (χ0v) is 11.2. The van der Waals surface area contributed by atoms with Crippen LogP contribution >= 0.6 is 0 Å². The van der Waals surface area contributed by atoms with Crippen LogP contribution in [0.1, 0.15) is 5.56 Å². The number of ether oxygens (including phenoxy) is 4. The molecule has 0 saturated heterocycles. The van der Waals surface area contributed by atoms with E-state index in [4.69, 9.17) is 29.2 Å². The highest BCUT2D eigenvalue weighted by molar-refractivity contribution is 5.53. The van der Waals surface area contributed by atoms with Crippen molar-refractivity contribution in [2.45, 2.75) is 6.61 Å². The fourth-order valence-corrected chi connectivity index (χ4v) is 1.54. The fraction of sp³-hybridized carbons (Fsp3) is 0.538. The summed E-state index contributed by atoms with van der Waals surface area (Å²) in [6.07, 6.45) is 0. The molecule has 1 rings (SSSR count). The van der Waals surface area contributed by atoms with Crippen LogP contribution in [-0.2, 0) is 11.3 Å². The molecule has 1 aromatic carbocycles. The Kier molecular flexibility index (Phi) is 7.02. The largest absolute Gasteiger partial charge is 0.493 e. The molecule has 0 bridgehead atoms. The van der Waals surface area contributed by atoms with Crippen molar-refractivity contribution in [3.8, 4) is 17.2 Å². The summed E-state index contributed by atoms with van der Waals surface area (Å²) in [5.41, 5.74) is 0.678. The number of hydrogen-bond acceptors (Lipinski definition) is 6. The first kappa shape index (κ1) is 15.6. The highest BCUT2D eigenvalue weighted by atomic mass is 16.6. The molecule has 108 valence electrons. The maximum Gasteiger partial charge on any atom is 0.203 e. The van der Waals surface area contributed by atoms with E-state index in [0.29, 0.717) is 36.0 Å². The summed E-state index contributed by atoms with van der Waals surface area (Å²) in [6.45, 7) is 0.825. The predicted molar refractivity (Wildman–Crippen MR) is 68.9 cm³/mol. The first-order chi connectivity index (χ1) is 9.26. The van der Waals surface area contributed by atoms with Gasteiger partial charge < -0.3 is 29.2 Å². The van der Waals surface area contributed by atoms with Gasteiger partial charge in [-0.25, -0.2) is 0 Å². The molecule has 0 fully saturated rings. The van der Waals surface area contributed by atoms with Crippen LogP contribution in [0.5, 0.6) is 17.2 Å². The molecular weight excluding hydrogens is 252 g/mol. The Morgan fingerprint density at radius 1 is 0.947 bits per heavy atom. The minimum absolute atomic E-state index is 0.0160. The van der Waals surface area contributed by atoms with E-state index >= 15 is 0 Å². The van der Waals surface area contributed by atoms with E-state index in [1.807, 2.05) is 0 Å².